The van der Waals surface area contributed by atoms with E-state index in [1.165, 1.54) is 11.6 Å². The summed E-state index contributed by atoms with van der Waals surface area (Å²) in [5.74, 6) is -0.275. The molecule has 33 heavy (non-hydrogen) atoms. The first-order valence-electron chi connectivity index (χ1n) is 11.7. The van der Waals surface area contributed by atoms with Gasteiger partial charge in [-0.1, -0.05) is 36.8 Å². The van der Waals surface area contributed by atoms with E-state index < -0.39 is 10.0 Å². The Bertz CT molecular complexity index is 1060. The predicted molar refractivity (Wildman–Crippen MR) is 127 cm³/mol. The summed E-state index contributed by atoms with van der Waals surface area (Å²) in [6, 6.07) is 13.1. The van der Waals surface area contributed by atoms with Crippen molar-refractivity contribution < 1.29 is 17.9 Å². The maximum Gasteiger partial charge on any atom is 0.251 e. The average Bonchev–Trinajstić information content (AvgIpc) is 2.85. The molecule has 4 rings (SSSR count). The van der Waals surface area contributed by atoms with E-state index in [1.807, 2.05) is 12.1 Å². The van der Waals surface area contributed by atoms with E-state index in [1.54, 1.807) is 23.4 Å². The number of ether oxygens (including phenoxy) is 1. The van der Waals surface area contributed by atoms with E-state index in [2.05, 4.69) is 22.3 Å². The second kappa shape index (κ2) is 10.8. The fourth-order valence-electron chi connectivity index (χ4n) is 4.33. The molecular weight excluding hydrogens is 438 g/mol. The summed E-state index contributed by atoms with van der Waals surface area (Å²) >= 11 is 0. The molecule has 7 nitrogen and oxygen atoms in total. The summed E-state index contributed by atoms with van der Waals surface area (Å²) in [5, 5.41) is 2.92. The molecule has 0 aromatic heterocycles. The van der Waals surface area contributed by atoms with Crippen LogP contribution in [0.4, 0.5) is 0 Å². The van der Waals surface area contributed by atoms with Crippen molar-refractivity contribution in [2.24, 2.45) is 0 Å². The van der Waals surface area contributed by atoms with Gasteiger partial charge in [0, 0.05) is 44.8 Å². The molecule has 2 fully saturated rings. The molecule has 178 valence electrons. The highest BCUT2D eigenvalue weighted by atomic mass is 32.2. The number of benzene rings is 2. The van der Waals surface area contributed by atoms with Crippen LogP contribution in [0, 0.1) is 6.92 Å². The molecule has 0 saturated carbocycles. The van der Waals surface area contributed by atoms with Gasteiger partial charge in [-0.3, -0.25) is 9.69 Å². The molecule has 1 N–H and O–H groups in total. The van der Waals surface area contributed by atoms with Crippen LogP contribution in [0.2, 0.25) is 0 Å². The van der Waals surface area contributed by atoms with Crippen molar-refractivity contribution >= 4 is 15.9 Å². The van der Waals surface area contributed by atoms with Crippen LogP contribution in [0.15, 0.2) is 47.4 Å². The number of carbonyl (C=O) groups excluding carboxylic acids is 1. The standard InChI is InChI=1S/C25H33N3O4S/c1-20-5-10-23(17-24(20)33(30,31)28-11-3-2-4-12-28)25(29)26-18-21-6-8-22(9-7-21)19-27-13-15-32-16-14-27/h5-10,17H,2-4,11-16,18-19H2,1H3,(H,26,29). The zero-order valence-electron chi connectivity index (χ0n) is 19.3. The lowest BCUT2D eigenvalue weighted by atomic mass is 10.1. The van der Waals surface area contributed by atoms with Crippen molar-refractivity contribution in [3.8, 4) is 0 Å². The molecule has 1 amide bonds. The van der Waals surface area contributed by atoms with Gasteiger partial charge in [0.05, 0.1) is 18.1 Å². The summed E-state index contributed by atoms with van der Waals surface area (Å²) in [5.41, 5.74) is 3.26. The molecule has 8 heteroatoms. The number of hydrogen-bond acceptors (Lipinski definition) is 5. The van der Waals surface area contributed by atoms with Gasteiger partial charge < -0.3 is 10.1 Å². The van der Waals surface area contributed by atoms with Crippen molar-refractivity contribution in [3.63, 3.8) is 0 Å². The van der Waals surface area contributed by atoms with E-state index in [4.69, 9.17) is 4.74 Å². The van der Waals surface area contributed by atoms with Crippen molar-refractivity contribution in [1.29, 1.82) is 0 Å². The lowest BCUT2D eigenvalue weighted by molar-refractivity contribution is 0.0342. The van der Waals surface area contributed by atoms with Crippen molar-refractivity contribution in [2.45, 2.75) is 44.2 Å². The predicted octanol–water partition coefficient (Wildman–Crippen LogP) is 2.93. The Morgan fingerprint density at radius 1 is 0.939 bits per heavy atom. The minimum absolute atomic E-state index is 0.226. The van der Waals surface area contributed by atoms with E-state index in [0.29, 0.717) is 30.8 Å². The van der Waals surface area contributed by atoms with Crippen molar-refractivity contribution in [3.05, 3.63) is 64.7 Å². The number of rotatable bonds is 7. The number of piperidine rings is 1. The third-order valence-corrected chi connectivity index (χ3v) is 8.41. The first-order chi connectivity index (χ1) is 15.9. The molecule has 2 aromatic rings. The Balaban J connectivity index is 1.38. The smallest absolute Gasteiger partial charge is 0.251 e. The number of aryl methyl sites for hydroxylation is 1. The first kappa shape index (κ1) is 23.9. The molecule has 0 spiro atoms. The molecule has 2 aromatic carbocycles. The minimum atomic E-state index is -3.59. The Morgan fingerprint density at radius 3 is 2.30 bits per heavy atom. The number of nitrogens with zero attached hydrogens (tertiary/aromatic N) is 2. The van der Waals surface area contributed by atoms with Gasteiger partial charge >= 0.3 is 0 Å². The highest BCUT2D eigenvalue weighted by molar-refractivity contribution is 7.89. The van der Waals surface area contributed by atoms with Gasteiger partial charge in [-0.25, -0.2) is 8.42 Å². The van der Waals surface area contributed by atoms with Gasteiger partial charge in [0.15, 0.2) is 0 Å². The monoisotopic (exact) mass is 471 g/mol. The highest BCUT2D eigenvalue weighted by Crippen LogP contribution is 2.24. The van der Waals surface area contributed by atoms with Gasteiger partial charge in [0.25, 0.3) is 5.91 Å². The van der Waals surface area contributed by atoms with Gasteiger partial charge in [-0.15, -0.1) is 0 Å². The number of carbonyl (C=O) groups is 1. The van der Waals surface area contributed by atoms with Gasteiger partial charge in [0.2, 0.25) is 10.0 Å². The Morgan fingerprint density at radius 2 is 1.61 bits per heavy atom. The summed E-state index contributed by atoms with van der Waals surface area (Å²) < 4.78 is 33.2. The normalized spacial score (nSPS) is 18.2. The summed E-state index contributed by atoms with van der Waals surface area (Å²) in [4.78, 5) is 15.4. The van der Waals surface area contributed by atoms with Crippen LogP contribution in [-0.4, -0.2) is 62.9 Å². The molecule has 0 unspecified atom stereocenters. The van der Waals surface area contributed by atoms with E-state index in [9.17, 15) is 13.2 Å². The number of sulfonamides is 1. The van der Waals surface area contributed by atoms with Crippen LogP contribution in [0.3, 0.4) is 0 Å². The number of morpholine rings is 1. The lowest BCUT2D eigenvalue weighted by Gasteiger charge is -2.26. The lowest BCUT2D eigenvalue weighted by Crippen LogP contribution is -2.36. The number of nitrogens with one attached hydrogen (secondary N) is 1. The minimum Gasteiger partial charge on any atom is -0.379 e. The average molecular weight is 472 g/mol. The SMILES string of the molecule is Cc1ccc(C(=O)NCc2ccc(CN3CCOCC3)cc2)cc1S(=O)(=O)N1CCCCC1. The fraction of sp³-hybridized carbons (Fsp3) is 0.480. The second-order valence-corrected chi connectivity index (χ2v) is 10.7. The van der Waals surface area contributed by atoms with Crippen LogP contribution in [-0.2, 0) is 27.8 Å². The molecular formula is C25H33N3O4S. The highest BCUT2D eigenvalue weighted by Gasteiger charge is 2.28. The largest absolute Gasteiger partial charge is 0.379 e. The summed E-state index contributed by atoms with van der Waals surface area (Å²) in [7, 11) is -3.59. The maximum atomic E-state index is 13.1. The van der Waals surface area contributed by atoms with Crippen LogP contribution >= 0.6 is 0 Å². The van der Waals surface area contributed by atoms with E-state index >= 15 is 0 Å². The van der Waals surface area contributed by atoms with Crippen molar-refractivity contribution in [1.82, 2.24) is 14.5 Å². The number of hydrogen-bond donors (Lipinski definition) is 1. The maximum absolute atomic E-state index is 13.1. The van der Waals surface area contributed by atoms with E-state index in [-0.39, 0.29) is 10.8 Å². The first-order valence-corrected chi connectivity index (χ1v) is 13.1. The summed E-state index contributed by atoms with van der Waals surface area (Å²) in [6.45, 7) is 7.60. The topological polar surface area (TPSA) is 79.0 Å². The Kier molecular flexibility index (Phi) is 7.80. The Hall–Kier alpha value is -2.26. The van der Waals surface area contributed by atoms with Crippen LogP contribution < -0.4 is 5.32 Å². The molecule has 0 bridgehead atoms. The zero-order chi connectivity index (χ0) is 23.3. The quantitative estimate of drug-likeness (QED) is 0.672. The second-order valence-electron chi connectivity index (χ2n) is 8.83. The molecule has 0 aliphatic carbocycles. The summed E-state index contributed by atoms with van der Waals surface area (Å²) in [6.07, 6.45) is 2.81. The molecule has 0 radical (unpaired) electrons. The van der Waals surface area contributed by atoms with Crippen LogP contribution in [0.25, 0.3) is 0 Å². The zero-order valence-corrected chi connectivity index (χ0v) is 20.1. The van der Waals surface area contributed by atoms with Gasteiger partial charge in [-0.2, -0.15) is 4.31 Å². The van der Waals surface area contributed by atoms with Crippen LogP contribution in [0.5, 0.6) is 0 Å². The molecule has 0 atom stereocenters. The van der Waals surface area contributed by atoms with Crippen molar-refractivity contribution in [2.75, 3.05) is 39.4 Å². The van der Waals surface area contributed by atoms with Gasteiger partial charge in [-0.05, 0) is 48.6 Å². The number of amides is 1. The molecule has 2 aliphatic heterocycles. The molecule has 2 heterocycles. The molecule has 2 saturated heterocycles. The fourth-order valence-corrected chi connectivity index (χ4v) is 6.10. The molecule has 2 aliphatic rings. The van der Waals surface area contributed by atoms with Crippen LogP contribution in [0.1, 0.15) is 46.3 Å². The van der Waals surface area contributed by atoms with Gasteiger partial charge in [0.1, 0.15) is 0 Å². The Labute approximate surface area is 196 Å². The third kappa shape index (κ3) is 6.00. The van der Waals surface area contributed by atoms with E-state index in [0.717, 1.165) is 57.7 Å². The third-order valence-electron chi connectivity index (χ3n) is 6.37.